The fourth-order valence-electron chi connectivity index (χ4n) is 2.96. The summed E-state index contributed by atoms with van der Waals surface area (Å²) in [5.74, 6) is 0.0557. The van der Waals surface area contributed by atoms with Gasteiger partial charge in [0.2, 0.25) is 10.0 Å². The second-order valence-electron chi connectivity index (χ2n) is 6.33. The van der Waals surface area contributed by atoms with Crippen molar-refractivity contribution < 1.29 is 17.5 Å². The fourth-order valence-corrected chi connectivity index (χ4v) is 4.70. The molecule has 1 N–H and O–H groups in total. The van der Waals surface area contributed by atoms with E-state index in [0.29, 0.717) is 24.7 Å². The lowest BCUT2D eigenvalue weighted by Gasteiger charge is -2.35. The van der Waals surface area contributed by atoms with Crippen LogP contribution in [0, 0.1) is 5.82 Å². The molecule has 2 aromatic carbocycles. The molecule has 28 heavy (non-hydrogen) atoms. The predicted octanol–water partition coefficient (Wildman–Crippen LogP) is 2.22. The normalized spacial score (nSPS) is 15.3. The van der Waals surface area contributed by atoms with E-state index in [4.69, 9.17) is 17.0 Å². The van der Waals surface area contributed by atoms with Crippen LogP contribution in [0.2, 0.25) is 0 Å². The van der Waals surface area contributed by atoms with Gasteiger partial charge < -0.3 is 15.0 Å². The van der Waals surface area contributed by atoms with Gasteiger partial charge in [-0.2, -0.15) is 4.31 Å². The average molecular weight is 424 g/mol. The summed E-state index contributed by atoms with van der Waals surface area (Å²) in [5.41, 5.74) is 1.06. The monoisotopic (exact) mass is 423 g/mol. The quantitative estimate of drug-likeness (QED) is 0.744. The Morgan fingerprint density at radius 1 is 1.11 bits per heavy atom. The van der Waals surface area contributed by atoms with E-state index in [1.807, 2.05) is 29.2 Å². The molecule has 2 aromatic rings. The van der Waals surface area contributed by atoms with Crippen molar-refractivity contribution in [2.75, 3.05) is 33.3 Å². The number of methoxy groups -OCH3 is 1. The summed E-state index contributed by atoms with van der Waals surface area (Å²) >= 11 is 5.43. The van der Waals surface area contributed by atoms with Crippen LogP contribution in [-0.2, 0) is 16.6 Å². The molecule has 1 aliphatic rings. The molecule has 1 aliphatic heterocycles. The second kappa shape index (κ2) is 8.85. The third-order valence-corrected chi connectivity index (χ3v) is 6.92. The summed E-state index contributed by atoms with van der Waals surface area (Å²) in [6, 6.07) is 13.1. The average Bonchev–Trinajstić information content (AvgIpc) is 2.72. The smallest absolute Gasteiger partial charge is 0.246 e. The number of ether oxygens (including phenoxy) is 1. The molecule has 0 unspecified atom stereocenters. The third kappa shape index (κ3) is 4.60. The zero-order chi connectivity index (χ0) is 20.1. The molecule has 1 saturated heterocycles. The minimum absolute atomic E-state index is 0.251. The highest BCUT2D eigenvalue weighted by molar-refractivity contribution is 7.89. The van der Waals surface area contributed by atoms with E-state index in [9.17, 15) is 12.8 Å². The Morgan fingerprint density at radius 3 is 2.36 bits per heavy atom. The Labute approximate surface area is 170 Å². The molecule has 0 amide bonds. The van der Waals surface area contributed by atoms with Crippen molar-refractivity contribution in [3.8, 4) is 5.75 Å². The summed E-state index contributed by atoms with van der Waals surface area (Å²) in [7, 11) is -2.23. The van der Waals surface area contributed by atoms with Crippen molar-refractivity contribution in [2.24, 2.45) is 0 Å². The number of hydrogen-bond donors (Lipinski definition) is 1. The summed E-state index contributed by atoms with van der Waals surface area (Å²) < 4.78 is 45.6. The Morgan fingerprint density at radius 2 is 1.75 bits per heavy atom. The number of hydrogen-bond acceptors (Lipinski definition) is 4. The van der Waals surface area contributed by atoms with Crippen LogP contribution in [0.25, 0.3) is 0 Å². The van der Waals surface area contributed by atoms with Crippen LogP contribution < -0.4 is 10.1 Å². The van der Waals surface area contributed by atoms with Gasteiger partial charge in [0.25, 0.3) is 0 Å². The van der Waals surface area contributed by atoms with Gasteiger partial charge in [-0.15, -0.1) is 0 Å². The predicted molar refractivity (Wildman–Crippen MR) is 109 cm³/mol. The van der Waals surface area contributed by atoms with E-state index in [0.717, 1.165) is 17.4 Å². The number of piperazine rings is 1. The molecular formula is C19H22FN3O3S2. The molecule has 0 radical (unpaired) electrons. The second-order valence-corrected chi connectivity index (χ2v) is 8.62. The first-order valence-electron chi connectivity index (χ1n) is 8.82. The number of nitrogens with zero attached hydrogens (tertiary/aromatic N) is 2. The summed E-state index contributed by atoms with van der Waals surface area (Å²) in [4.78, 5) is 1.63. The van der Waals surface area contributed by atoms with E-state index in [2.05, 4.69) is 5.32 Å². The number of halogens is 1. The molecule has 3 rings (SSSR count). The summed E-state index contributed by atoms with van der Waals surface area (Å²) in [6.07, 6.45) is 0. The first-order chi connectivity index (χ1) is 13.4. The molecule has 9 heteroatoms. The highest BCUT2D eigenvalue weighted by Crippen LogP contribution is 2.20. The van der Waals surface area contributed by atoms with E-state index in [1.165, 1.54) is 22.5 Å². The molecule has 150 valence electrons. The van der Waals surface area contributed by atoms with E-state index in [1.54, 1.807) is 7.11 Å². The molecule has 0 saturated carbocycles. The maximum atomic E-state index is 13.9. The lowest BCUT2D eigenvalue weighted by Crippen LogP contribution is -2.52. The minimum atomic E-state index is -3.85. The molecule has 0 atom stereocenters. The van der Waals surface area contributed by atoms with Crippen molar-refractivity contribution in [2.45, 2.75) is 11.4 Å². The van der Waals surface area contributed by atoms with Crippen LogP contribution in [0.1, 0.15) is 5.56 Å². The molecule has 0 aliphatic carbocycles. The van der Waals surface area contributed by atoms with Gasteiger partial charge in [0.1, 0.15) is 16.5 Å². The van der Waals surface area contributed by atoms with Crippen LogP contribution in [0.15, 0.2) is 53.4 Å². The number of thiocarbonyl (C=S) groups is 1. The number of benzene rings is 2. The number of sulfonamides is 1. The third-order valence-electron chi connectivity index (χ3n) is 4.58. The Hall–Kier alpha value is -2.23. The SMILES string of the molecule is COc1ccc(CNC(=S)N2CCN(S(=O)(=O)c3ccccc3F)CC2)cc1. The number of nitrogens with one attached hydrogen (secondary N) is 1. The van der Waals surface area contributed by atoms with E-state index >= 15 is 0 Å². The van der Waals surface area contributed by atoms with Crippen molar-refractivity contribution in [3.63, 3.8) is 0 Å². The van der Waals surface area contributed by atoms with Crippen molar-refractivity contribution in [3.05, 3.63) is 59.9 Å². The standard InChI is InChI=1S/C19H22FN3O3S2/c1-26-16-8-6-15(7-9-16)14-21-19(27)22-10-12-23(13-11-22)28(24,25)18-5-3-2-4-17(18)20/h2-9H,10-14H2,1H3,(H,21,27). The zero-order valence-electron chi connectivity index (χ0n) is 15.5. The fraction of sp³-hybridized carbons (Fsp3) is 0.316. The molecule has 0 spiro atoms. The van der Waals surface area contributed by atoms with Crippen LogP contribution >= 0.6 is 12.2 Å². The van der Waals surface area contributed by atoms with Crippen LogP contribution in [0.4, 0.5) is 4.39 Å². The highest BCUT2D eigenvalue weighted by atomic mass is 32.2. The zero-order valence-corrected chi connectivity index (χ0v) is 17.1. The minimum Gasteiger partial charge on any atom is -0.497 e. The maximum Gasteiger partial charge on any atom is 0.246 e. The highest BCUT2D eigenvalue weighted by Gasteiger charge is 2.30. The van der Waals surface area contributed by atoms with Crippen LogP contribution in [0.5, 0.6) is 5.75 Å². The van der Waals surface area contributed by atoms with Crippen molar-refractivity contribution in [1.29, 1.82) is 0 Å². The van der Waals surface area contributed by atoms with Gasteiger partial charge >= 0.3 is 0 Å². The largest absolute Gasteiger partial charge is 0.497 e. The van der Waals surface area contributed by atoms with E-state index < -0.39 is 15.8 Å². The van der Waals surface area contributed by atoms with Crippen LogP contribution in [0.3, 0.4) is 0 Å². The topological polar surface area (TPSA) is 61.9 Å². The lowest BCUT2D eigenvalue weighted by molar-refractivity contribution is 0.263. The van der Waals surface area contributed by atoms with Crippen LogP contribution in [-0.4, -0.2) is 56.0 Å². The van der Waals surface area contributed by atoms with E-state index in [-0.39, 0.29) is 18.0 Å². The molecular weight excluding hydrogens is 401 g/mol. The van der Waals surface area contributed by atoms with Crippen molar-refractivity contribution >= 4 is 27.4 Å². The van der Waals surface area contributed by atoms with Gasteiger partial charge in [-0.25, -0.2) is 12.8 Å². The molecule has 1 heterocycles. The summed E-state index contributed by atoms with van der Waals surface area (Å²) in [5, 5.41) is 3.76. The molecule has 0 aromatic heterocycles. The Balaban J connectivity index is 1.54. The van der Waals surface area contributed by atoms with Crippen molar-refractivity contribution in [1.82, 2.24) is 14.5 Å². The first kappa shape index (κ1) is 20.5. The van der Waals surface area contributed by atoms with Gasteiger partial charge in [0.05, 0.1) is 7.11 Å². The molecule has 1 fully saturated rings. The lowest BCUT2D eigenvalue weighted by atomic mass is 10.2. The summed E-state index contributed by atoms with van der Waals surface area (Å²) in [6.45, 7) is 1.96. The van der Waals surface area contributed by atoms with Gasteiger partial charge in [-0.05, 0) is 42.0 Å². The van der Waals surface area contributed by atoms with Gasteiger partial charge in [0.15, 0.2) is 5.11 Å². The molecule has 0 bridgehead atoms. The van der Waals surface area contributed by atoms with Gasteiger partial charge in [-0.3, -0.25) is 0 Å². The Bertz CT molecular complexity index is 928. The molecule has 6 nitrogen and oxygen atoms in total. The van der Waals surface area contributed by atoms with Gasteiger partial charge in [-0.1, -0.05) is 24.3 Å². The number of rotatable bonds is 5. The first-order valence-corrected chi connectivity index (χ1v) is 10.7. The maximum absolute atomic E-state index is 13.9. The van der Waals surface area contributed by atoms with Gasteiger partial charge in [0, 0.05) is 32.7 Å². The Kier molecular flexibility index (Phi) is 6.48.